The lowest BCUT2D eigenvalue weighted by Gasteiger charge is -2.04. The molecule has 3 rings (SSSR count). The molecule has 0 aliphatic carbocycles. The zero-order chi connectivity index (χ0) is 17.5. The van der Waals surface area contributed by atoms with Gasteiger partial charge in [0.15, 0.2) is 8.68 Å². The molecule has 0 aliphatic heterocycles. The van der Waals surface area contributed by atoms with Gasteiger partial charge in [-0.25, -0.2) is 0 Å². The van der Waals surface area contributed by atoms with Gasteiger partial charge in [-0.1, -0.05) is 87.2 Å². The van der Waals surface area contributed by atoms with Crippen LogP contribution >= 0.6 is 50.8 Å². The number of halogens is 1. The van der Waals surface area contributed by atoms with E-state index in [-0.39, 0.29) is 5.91 Å². The van der Waals surface area contributed by atoms with Gasteiger partial charge < -0.3 is 5.32 Å². The molecule has 0 saturated carbocycles. The second kappa shape index (κ2) is 9.38. The first-order valence-corrected chi connectivity index (χ1v) is 11.0. The van der Waals surface area contributed by atoms with Gasteiger partial charge in [-0.05, 0) is 23.8 Å². The molecule has 0 bridgehead atoms. The molecular formula is C17H14BrN3OS3. The third-order valence-electron chi connectivity index (χ3n) is 3.03. The van der Waals surface area contributed by atoms with Gasteiger partial charge in [0.05, 0.1) is 5.75 Å². The number of benzene rings is 2. The van der Waals surface area contributed by atoms with Gasteiger partial charge in [-0.2, -0.15) is 0 Å². The number of aromatic nitrogens is 2. The summed E-state index contributed by atoms with van der Waals surface area (Å²) in [5, 5.41) is 11.2. The van der Waals surface area contributed by atoms with Crippen LogP contribution in [0.5, 0.6) is 0 Å². The molecule has 0 fully saturated rings. The van der Waals surface area contributed by atoms with Gasteiger partial charge in [0, 0.05) is 15.9 Å². The van der Waals surface area contributed by atoms with E-state index in [4.69, 9.17) is 0 Å². The van der Waals surface area contributed by atoms with E-state index in [2.05, 4.69) is 43.6 Å². The highest BCUT2D eigenvalue weighted by Gasteiger charge is 2.09. The summed E-state index contributed by atoms with van der Waals surface area (Å²) in [6.45, 7) is 0. The molecule has 1 amide bonds. The molecule has 25 heavy (non-hydrogen) atoms. The fourth-order valence-corrected chi connectivity index (χ4v) is 5.10. The highest BCUT2D eigenvalue weighted by atomic mass is 79.9. The van der Waals surface area contributed by atoms with Crippen molar-refractivity contribution in [1.82, 2.24) is 10.2 Å². The Kier molecular flexibility index (Phi) is 6.92. The highest BCUT2D eigenvalue weighted by molar-refractivity contribution is 9.10. The van der Waals surface area contributed by atoms with E-state index >= 15 is 0 Å². The van der Waals surface area contributed by atoms with Gasteiger partial charge in [-0.15, -0.1) is 10.2 Å². The van der Waals surface area contributed by atoms with Crippen LogP contribution in [0.2, 0.25) is 0 Å². The molecule has 128 valence electrons. The highest BCUT2D eigenvalue weighted by Crippen LogP contribution is 2.30. The number of carbonyl (C=O) groups excluding carboxylic acids is 1. The Labute approximate surface area is 167 Å². The average Bonchev–Trinajstić information content (AvgIpc) is 3.07. The Morgan fingerprint density at radius 1 is 1.04 bits per heavy atom. The van der Waals surface area contributed by atoms with E-state index in [1.165, 1.54) is 28.7 Å². The summed E-state index contributed by atoms with van der Waals surface area (Å²) < 4.78 is 2.65. The molecule has 0 aliphatic rings. The lowest BCUT2D eigenvalue weighted by molar-refractivity contribution is -0.113. The number of carbonyl (C=O) groups is 1. The molecule has 0 spiro atoms. The molecule has 0 saturated heterocycles. The minimum absolute atomic E-state index is 0.0585. The van der Waals surface area contributed by atoms with E-state index in [0.29, 0.717) is 5.75 Å². The van der Waals surface area contributed by atoms with Gasteiger partial charge in [0.25, 0.3) is 0 Å². The smallest absolute Gasteiger partial charge is 0.234 e. The first kappa shape index (κ1) is 18.4. The lowest BCUT2D eigenvalue weighted by Crippen LogP contribution is -2.13. The van der Waals surface area contributed by atoms with Crippen molar-refractivity contribution in [1.29, 1.82) is 0 Å². The second-order valence-electron chi connectivity index (χ2n) is 4.96. The van der Waals surface area contributed by atoms with Crippen molar-refractivity contribution < 1.29 is 4.79 Å². The molecule has 0 radical (unpaired) electrons. The first-order chi connectivity index (χ1) is 12.2. The average molecular weight is 452 g/mol. The molecule has 0 atom stereocenters. The summed E-state index contributed by atoms with van der Waals surface area (Å²) in [6.07, 6.45) is 0. The number of rotatable bonds is 7. The number of nitrogens with zero attached hydrogens (tertiary/aromatic N) is 2. The van der Waals surface area contributed by atoms with Crippen molar-refractivity contribution in [3.05, 3.63) is 64.6 Å². The van der Waals surface area contributed by atoms with Crippen LogP contribution in [-0.2, 0) is 10.5 Å². The molecule has 0 unspecified atom stereocenters. The third kappa shape index (κ3) is 6.14. The SMILES string of the molecule is O=C(CSc1nnc(SCc2ccccc2)s1)Nc1cccc(Br)c1. The Balaban J connectivity index is 1.45. The topological polar surface area (TPSA) is 54.9 Å². The fourth-order valence-electron chi connectivity index (χ4n) is 1.92. The molecule has 1 aromatic heterocycles. The van der Waals surface area contributed by atoms with Crippen LogP contribution in [0, 0.1) is 0 Å². The number of anilines is 1. The van der Waals surface area contributed by atoms with Crippen LogP contribution in [0.4, 0.5) is 5.69 Å². The summed E-state index contributed by atoms with van der Waals surface area (Å²) in [5.74, 6) is 1.12. The molecule has 8 heteroatoms. The maximum absolute atomic E-state index is 12.0. The summed E-state index contributed by atoms with van der Waals surface area (Å²) in [4.78, 5) is 12.0. The minimum Gasteiger partial charge on any atom is -0.325 e. The largest absolute Gasteiger partial charge is 0.325 e. The van der Waals surface area contributed by atoms with Crippen LogP contribution in [0.1, 0.15) is 5.56 Å². The van der Waals surface area contributed by atoms with Crippen LogP contribution in [0.15, 0.2) is 67.7 Å². The van der Waals surface area contributed by atoms with E-state index in [1.807, 2.05) is 42.5 Å². The molecule has 3 aromatic rings. The van der Waals surface area contributed by atoms with Crippen LogP contribution in [0.3, 0.4) is 0 Å². The van der Waals surface area contributed by atoms with E-state index < -0.39 is 0 Å². The number of hydrogen-bond acceptors (Lipinski definition) is 6. The number of amides is 1. The van der Waals surface area contributed by atoms with Crippen LogP contribution in [0.25, 0.3) is 0 Å². The van der Waals surface area contributed by atoms with Crippen molar-refractivity contribution in [2.75, 3.05) is 11.1 Å². The third-order valence-corrected chi connectivity index (χ3v) is 6.78. The predicted octanol–water partition coefficient (Wildman–Crippen LogP) is 5.32. The molecule has 1 N–H and O–H groups in total. The Hall–Kier alpha value is -1.35. The van der Waals surface area contributed by atoms with Crippen molar-refractivity contribution in [2.24, 2.45) is 0 Å². The Morgan fingerprint density at radius 2 is 1.80 bits per heavy atom. The van der Waals surface area contributed by atoms with Crippen molar-refractivity contribution in [2.45, 2.75) is 14.4 Å². The predicted molar refractivity (Wildman–Crippen MR) is 109 cm³/mol. The molecular weight excluding hydrogens is 438 g/mol. The van der Waals surface area contributed by atoms with Gasteiger partial charge in [0.1, 0.15) is 0 Å². The maximum Gasteiger partial charge on any atom is 0.234 e. The summed E-state index contributed by atoms with van der Waals surface area (Å²) >= 11 is 7.97. The van der Waals surface area contributed by atoms with Crippen LogP contribution < -0.4 is 5.32 Å². The summed E-state index contributed by atoms with van der Waals surface area (Å²) in [5.41, 5.74) is 2.03. The van der Waals surface area contributed by atoms with Gasteiger partial charge in [-0.3, -0.25) is 4.79 Å². The number of hydrogen-bond donors (Lipinski definition) is 1. The number of thioether (sulfide) groups is 2. The van der Waals surface area contributed by atoms with Crippen molar-refractivity contribution in [3.8, 4) is 0 Å². The summed E-state index contributed by atoms with van der Waals surface area (Å²) in [6, 6.07) is 17.8. The van der Waals surface area contributed by atoms with Crippen LogP contribution in [-0.4, -0.2) is 21.9 Å². The summed E-state index contributed by atoms with van der Waals surface area (Å²) in [7, 11) is 0. The van der Waals surface area contributed by atoms with E-state index in [1.54, 1.807) is 11.8 Å². The molecule has 2 aromatic carbocycles. The van der Waals surface area contributed by atoms with E-state index in [0.717, 1.165) is 24.6 Å². The quantitative estimate of drug-likeness (QED) is 0.492. The second-order valence-corrected chi connectivity index (χ2v) is 9.29. The minimum atomic E-state index is -0.0585. The van der Waals surface area contributed by atoms with Crippen molar-refractivity contribution in [3.63, 3.8) is 0 Å². The first-order valence-electron chi connectivity index (χ1n) is 7.37. The normalized spacial score (nSPS) is 10.6. The fraction of sp³-hybridized carbons (Fsp3) is 0.118. The molecule has 1 heterocycles. The zero-order valence-corrected chi connectivity index (χ0v) is 17.1. The maximum atomic E-state index is 12.0. The molecule has 4 nitrogen and oxygen atoms in total. The Bertz CT molecular complexity index is 842. The monoisotopic (exact) mass is 451 g/mol. The standard InChI is InChI=1S/C17H14BrN3OS3/c18-13-7-4-8-14(9-13)19-15(22)11-24-17-21-20-16(25-17)23-10-12-5-2-1-3-6-12/h1-9H,10-11H2,(H,19,22). The van der Waals surface area contributed by atoms with E-state index in [9.17, 15) is 4.79 Å². The van der Waals surface area contributed by atoms with Gasteiger partial charge >= 0.3 is 0 Å². The van der Waals surface area contributed by atoms with Crippen molar-refractivity contribution >= 4 is 62.4 Å². The Morgan fingerprint density at radius 3 is 2.56 bits per heavy atom. The number of nitrogens with one attached hydrogen (secondary N) is 1. The lowest BCUT2D eigenvalue weighted by atomic mass is 10.2. The van der Waals surface area contributed by atoms with Gasteiger partial charge in [0.2, 0.25) is 5.91 Å². The zero-order valence-electron chi connectivity index (χ0n) is 13.0.